The van der Waals surface area contributed by atoms with Crippen molar-refractivity contribution in [3.63, 3.8) is 0 Å². The number of nitrogens with zero attached hydrogens (tertiary/aromatic N) is 3. The van der Waals surface area contributed by atoms with Gasteiger partial charge in [0.05, 0.1) is 5.60 Å². The molecule has 1 aliphatic rings. The van der Waals surface area contributed by atoms with Crippen molar-refractivity contribution in [1.29, 1.82) is 0 Å². The maximum absolute atomic E-state index is 13.0. The van der Waals surface area contributed by atoms with Crippen LogP contribution < -0.4 is 16.2 Å². The summed E-state index contributed by atoms with van der Waals surface area (Å²) in [6.07, 6.45) is 2.28. The predicted molar refractivity (Wildman–Crippen MR) is 119 cm³/mol. The molecule has 2 aromatic rings. The van der Waals surface area contributed by atoms with Crippen molar-refractivity contribution < 1.29 is 19.4 Å². The van der Waals surface area contributed by atoms with Gasteiger partial charge in [0.15, 0.2) is 11.3 Å². The van der Waals surface area contributed by atoms with Crippen LogP contribution in [0.5, 0.6) is 5.88 Å². The Balaban J connectivity index is 2.00. The van der Waals surface area contributed by atoms with Crippen LogP contribution in [0.25, 0.3) is 5.65 Å². The van der Waals surface area contributed by atoms with Crippen LogP contribution >= 0.6 is 0 Å². The number of methoxy groups -OCH3 is 1. The van der Waals surface area contributed by atoms with Crippen LogP contribution in [0.4, 0.5) is 0 Å². The highest BCUT2D eigenvalue weighted by Crippen LogP contribution is 2.26. The molecule has 0 radical (unpaired) electrons. The van der Waals surface area contributed by atoms with Gasteiger partial charge in [0.25, 0.3) is 17.4 Å². The van der Waals surface area contributed by atoms with Crippen molar-refractivity contribution in [2.75, 3.05) is 13.7 Å². The summed E-state index contributed by atoms with van der Waals surface area (Å²) in [5.74, 6) is -1.52. The van der Waals surface area contributed by atoms with E-state index >= 15 is 0 Å². The number of aromatic nitrogens is 3. The number of amides is 2. The van der Waals surface area contributed by atoms with Crippen molar-refractivity contribution >= 4 is 17.5 Å². The number of nitrogens with one attached hydrogen (secondary N) is 2. The number of aromatic hydroxyl groups is 1. The third kappa shape index (κ3) is 5.29. The average molecular weight is 448 g/mol. The maximum atomic E-state index is 13.0. The fraction of sp³-hybridized carbons (Fsp3) is 0.636. The number of hydrogen-bond donors (Lipinski definition) is 3. The van der Waals surface area contributed by atoms with E-state index in [1.54, 1.807) is 7.11 Å². The minimum absolute atomic E-state index is 0.0170. The second-order valence-corrected chi connectivity index (χ2v) is 10.2. The smallest absolute Gasteiger partial charge is 0.291 e. The van der Waals surface area contributed by atoms with Crippen LogP contribution in [-0.4, -0.2) is 56.4 Å². The average Bonchev–Trinajstić information content (AvgIpc) is 3.37. The monoisotopic (exact) mass is 447 g/mol. The maximum Gasteiger partial charge on any atom is 0.291 e. The Hall–Kier alpha value is -2.88. The van der Waals surface area contributed by atoms with Crippen molar-refractivity contribution in [1.82, 2.24) is 24.8 Å². The first-order chi connectivity index (χ1) is 14.8. The first kappa shape index (κ1) is 23.8. The van der Waals surface area contributed by atoms with Crippen LogP contribution in [0, 0.1) is 5.41 Å². The van der Waals surface area contributed by atoms with E-state index in [-0.39, 0.29) is 34.0 Å². The number of carbonyl (C=O) groups excluding carboxylic acids is 2. The molecule has 3 rings (SSSR count). The van der Waals surface area contributed by atoms with Gasteiger partial charge in [-0.25, -0.2) is 0 Å². The minimum atomic E-state index is -0.764. The molecule has 1 aliphatic carbocycles. The molecule has 0 spiro atoms. The van der Waals surface area contributed by atoms with Crippen LogP contribution in [0.2, 0.25) is 0 Å². The van der Waals surface area contributed by atoms with E-state index in [2.05, 4.69) is 15.7 Å². The molecule has 0 aromatic carbocycles. The zero-order valence-corrected chi connectivity index (χ0v) is 19.6. The van der Waals surface area contributed by atoms with Crippen LogP contribution in [-0.2, 0) is 11.3 Å². The molecule has 1 saturated carbocycles. The van der Waals surface area contributed by atoms with E-state index in [0.29, 0.717) is 19.5 Å². The largest absolute Gasteiger partial charge is 0.494 e. The highest BCUT2D eigenvalue weighted by molar-refractivity contribution is 5.97. The fourth-order valence-corrected chi connectivity index (χ4v) is 3.25. The molecule has 2 amide bonds. The van der Waals surface area contributed by atoms with Crippen molar-refractivity contribution in [3.8, 4) is 5.88 Å². The molecule has 1 fully saturated rings. The van der Waals surface area contributed by atoms with E-state index in [4.69, 9.17) is 4.74 Å². The van der Waals surface area contributed by atoms with E-state index in [0.717, 1.165) is 17.4 Å². The summed E-state index contributed by atoms with van der Waals surface area (Å²) < 4.78 is 7.82. The highest BCUT2D eigenvalue weighted by Gasteiger charge is 2.30. The number of fused-ring (bicyclic) bond motifs is 1. The first-order valence-corrected chi connectivity index (χ1v) is 10.8. The standard InChI is InChI=1S/C22H33N5O5/c1-21(2,3)12-26-15-11-14(17(28)23-10-9-22(4,5)32-6)25-27(15)20(31)16(19(26)30)18(29)24-13-7-8-13/h11,13,30H,7-10,12H2,1-6H3,(H,23,28)(H,24,29). The van der Waals surface area contributed by atoms with Gasteiger partial charge in [0.1, 0.15) is 5.65 Å². The number of rotatable bonds is 8. The summed E-state index contributed by atoms with van der Waals surface area (Å²) in [5.41, 5.74) is -1.53. The summed E-state index contributed by atoms with van der Waals surface area (Å²) in [6.45, 7) is 10.4. The lowest BCUT2D eigenvalue weighted by Gasteiger charge is -2.23. The van der Waals surface area contributed by atoms with Gasteiger partial charge in [-0.1, -0.05) is 20.8 Å². The molecule has 176 valence electrons. The number of ether oxygens (including phenoxy) is 1. The van der Waals surface area contributed by atoms with Gasteiger partial charge in [0, 0.05) is 32.3 Å². The van der Waals surface area contributed by atoms with Crippen LogP contribution in [0.1, 0.15) is 74.7 Å². The molecule has 32 heavy (non-hydrogen) atoms. The molecule has 10 nitrogen and oxygen atoms in total. The van der Waals surface area contributed by atoms with E-state index < -0.39 is 23.3 Å². The molecule has 0 bridgehead atoms. The van der Waals surface area contributed by atoms with Gasteiger partial charge in [0.2, 0.25) is 5.88 Å². The van der Waals surface area contributed by atoms with Gasteiger partial charge in [-0.15, -0.1) is 0 Å². The zero-order chi connectivity index (χ0) is 23.8. The lowest BCUT2D eigenvalue weighted by molar-refractivity contribution is 0.0160. The van der Waals surface area contributed by atoms with Crippen molar-refractivity contribution in [2.45, 2.75) is 72.1 Å². The Morgan fingerprint density at radius 2 is 1.88 bits per heavy atom. The summed E-state index contributed by atoms with van der Waals surface area (Å²) in [6, 6.07) is 1.47. The first-order valence-electron chi connectivity index (χ1n) is 10.8. The number of carbonyl (C=O) groups is 2. The van der Waals surface area contributed by atoms with E-state index in [9.17, 15) is 19.5 Å². The molecule has 0 unspecified atom stereocenters. The Morgan fingerprint density at radius 3 is 2.44 bits per heavy atom. The summed E-state index contributed by atoms with van der Waals surface area (Å²) in [7, 11) is 1.61. The quantitative estimate of drug-likeness (QED) is 0.565. The molecule has 10 heteroatoms. The van der Waals surface area contributed by atoms with Gasteiger partial charge >= 0.3 is 0 Å². The lowest BCUT2D eigenvalue weighted by Crippen LogP contribution is -2.35. The molecule has 3 N–H and O–H groups in total. The number of hydrogen-bond acceptors (Lipinski definition) is 6. The SMILES string of the molecule is COC(C)(C)CCNC(=O)c1cc2n(CC(C)(C)C)c(O)c(C(=O)NC3CC3)c(=O)n2n1. The van der Waals surface area contributed by atoms with Gasteiger partial charge in [-0.2, -0.15) is 9.61 Å². The second kappa shape index (κ2) is 8.57. The summed E-state index contributed by atoms with van der Waals surface area (Å²) in [5, 5.41) is 20.6. The molecule has 0 aliphatic heterocycles. The van der Waals surface area contributed by atoms with E-state index in [1.807, 2.05) is 34.6 Å². The van der Waals surface area contributed by atoms with Crippen LogP contribution in [0.15, 0.2) is 10.9 Å². The van der Waals surface area contributed by atoms with E-state index in [1.165, 1.54) is 10.6 Å². The Labute approximate surface area is 186 Å². The van der Waals surface area contributed by atoms with Gasteiger partial charge in [-0.3, -0.25) is 19.0 Å². The molecular weight excluding hydrogens is 414 g/mol. The third-order valence-electron chi connectivity index (χ3n) is 5.42. The Bertz CT molecular complexity index is 1090. The normalized spacial score (nSPS) is 14.6. The second-order valence-electron chi connectivity index (χ2n) is 10.2. The highest BCUT2D eigenvalue weighted by atomic mass is 16.5. The summed E-state index contributed by atoms with van der Waals surface area (Å²) in [4.78, 5) is 38.4. The fourth-order valence-electron chi connectivity index (χ4n) is 3.25. The Morgan fingerprint density at radius 1 is 1.22 bits per heavy atom. The molecule has 2 aromatic heterocycles. The summed E-state index contributed by atoms with van der Waals surface area (Å²) >= 11 is 0. The molecular formula is C22H33N5O5. The van der Waals surface area contributed by atoms with Crippen LogP contribution in [0.3, 0.4) is 0 Å². The minimum Gasteiger partial charge on any atom is -0.494 e. The zero-order valence-electron chi connectivity index (χ0n) is 19.6. The van der Waals surface area contributed by atoms with Gasteiger partial charge < -0.3 is 20.5 Å². The van der Waals surface area contributed by atoms with Gasteiger partial charge in [-0.05, 0) is 38.5 Å². The van der Waals surface area contributed by atoms with Crippen molar-refractivity contribution in [3.05, 3.63) is 27.7 Å². The van der Waals surface area contributed by atoms with Crippen molar-refractivity contribution in [2.24, 2.45) is 5.41 Å². The molecule has 0 saturated heterocycles. The third-order valence-corrected chi connectivity index (χ3v) is 5.42. The lowest BCUT2D eigenvalue weighted by atomic mass is 9.96. The topological polar surface area (TPSA) is 127 Å². The molecule has 2 heterocycles. The molecule has 0 atom stereocenters. The Kier molecular flexibility index (Phi) is 6.37. The predicted octanol–water partition coefficient (Wildman–Crippen LogP) is 1.68.